The number of carbonyl (C=O) groups excluding carboxylic acids is 2. The van der Waals surface area contributed by atoms with Crippen molar-refractivity contribution < 1.29 is 14.3 Å². The van der Waals surface area contributed by atoms with Crippen LogP contribution in [-0.4, -0.2) is 40.2 Å². The first-order valence-corrected chi connectivity index (χ1v) is 9.29. The van der Waals surface area contributed by atoms with Gasteiger partial charge in [-0.05, 0) is 29.8 Å². The Balaban J connectivity index is 1.38. The van der Waals surface area contributed by atoms with Crippen LogP contribution in [0.1, 0.15) is 12.0 Å². The summed E-state index contributed by atoms with van der Waals surface area (Å²) in [7, 11) is 1.58. The van der Waals surface area contributed by atoms with Crippen LogP contribution in [0, 0.1) is 5.92 Å². The maximum Gasteiger partial charge on any atom is 0.229 e. The van der Waals surface area contributed by atoms with E-state index in [9.17, 15) is 9.59 Å². The third kappa shape index (κ3) is 4.26. The van der Waals surface area contributed by atoms with Gasteiger partial charge in [0.2, 0.25) is 11.8 Å². The Hall–Kier alpha value is -3.68. The van der Waals surface area contributed by atoms with Gasteiger partial charge in [-0.15, -0.1) is 0 Å². The minimum Gasteiger partial charge on any atom is -0.497 e. The van der Waals surface area contributed by atoms with Gasteiger partial charge in [0.15, 0.2) is 0 Å². The van der Waals surface area contributed by atoms with Gasteiger partial charge in [0.25, 0.3) is 0 Å². The van der Waals surface area contributed by atoms with Crippen molar-refractivity contribution in [3.8, 4) is 5.75 Å². The molecule has 0 saturated carbocycles. The lowest BCUT2D eigenvalue weighted by Gasteiger charge is -2.17. The molecule has 148 valence electrons. The van der Waals surface area contributed by atoms with Crippen LogP contribution in [0.5, 0.6) is 5.75 Å². The normalized spacial score (nSPS) is 16.1. The predicted octanol–water partition coefficient (Wildman–Crippen LogP) is 2.33. The molecular formula is C21H21N5O3. The van der Waals surface area contributed by atoms with E-state index in [4.69, 9.17) is 4.74 Å². The van der Waals surface area contributed by atoms with Crippen molar-refractivity contribution in [2.24, 2.45) is 5.92 Å². The van der Waals surface area contributed by atoms with Crippen LogP contribution in [0.2, 0.25) is 0 Å². The van der Waals surface area contributed by atoms with E-state index in [1.54, 1.807) is 29.1 Å². The third-order valence-electron chi connectivity index (χ3n) is 4.89. The van der Waals surface area contributed by atoms with Gasteiger partial charge < -0.3 is 15.0 Å². The zero-order valence-corrected chi connectivity index (χ0v) is 16.0. The number of hydrogen-bond donors (Lipinski definition) is 1. The van der Waals surface area contributed by atoms with E-state index < -0.39 is 5.92 Å². The largest absolute Gasteiger partial charge is 0.497 e. The molecule has 2 heterocycles. The molecule has 1 aromatic heterocycles. The second-order valence-electron chi connectivity index (χ2n) is 6.89. The number of carbonyl (C=O) groups is 2. The fraction of sp³-hybridized carbons (Fsp3) is 0.238. The van der Waals surface area contributed by atoms with Crippen molar-refractivity contribution in [2.45, 2.75) is 13.0 Å². The Morgan fingerprint density at radius 1 is 1.24 bits per heavy atom. The van der Waals surface area contributed by atoms with Gasteiger partial charge in [0, 0.05) is 30.4 Å². The highest BCUT2D eigenvalue weighted by Gasteiger charge is 2.35. The topological polar surface area (TPSA) is 89.3 Å². The molecule has 4 rings (SSSR count). The average Bonchev–Trinajstić information content (AvgIpc) is 3.39. The Labute approximate surface area is 168 Å². The summed E-state index contributed by atoms with van der Waals surface area (Å²) >= 11 is 0. The Morgan fingerprint density at radius 2 is 2.07 bits per heavy atom. The maximum absolute atomic E-state index is 12.7. The molecule has 8 nitrogen and oxygen atoms in total. The highest BCUT2D eigenvalue weighted by atomic mass is 16.5. The number of ether oxygens (including phenoxy) is 1. The first-order chi connectivity index (χ1) is 14.1. The van der Waals surface area contributed by atoms with Crippen LogP contribution < -0.4 is 15.0 Å². The lowest BCUT2D eigenvalue weighted by Crippen LogP contribution is -2.28. The summed E-state index contributed by atoms with van der Waals surface area (Å²) in [4.78, 5) is 30.6. The highest BCUT2D eigenvalue weighted by molar-refractivity contribution is 6.03. The van der Waals surface area contributed by atoms with E-state index in [2.05, 4.69) is 15.4 Å². The average molecular weight is 391 g/mol. The minimum absolute atomic E-state index is 0.0680. The number of benzene rings is 2. The smallest absolute Gasteiger partial charge is 0.229 e. The van der Waals surface area contributed by atoms with Crippen LogP contribution in [-0.2, 0) is 16.1 Å². The molecule has 0 aliphatic carbocycles. The summed E-state index contributed by atoms with van der Waals surface area (Å²) in [5, 5.41) is 6.98. The zero-order chi connectivity index (χ0) is 20.2. The fourth-order valence-corrected chi connectivity index (χ4v) is 3.35. The summed E-state index contributed by atoms with van der Waals surface area (Å²) in [6, 6.07) is 14.8. The van der Waals surface area contributed by atoms with E-state index in [1.807, 2.05) is 42.5 Å². The number of aromatic nitrogens is 3. The molecule has 1 N–H and O–H groups in total. The van der Waals surface area contributed by atoms with Crippen molar-refractivity contribution in [1.82, 2.24) is 14.8 Å². The fourth-order valence-electron chi connectivity index (χ4n) is 3.35. The van der Waals surface area contributed by atoms with Crippen molar-refractivity contribution in [3.05, 3.63) is 66.7 Å². The van der Waals surface area contributed by atoms with Crippen molar-refractivity contribution in [1.29, 1.82) is 0 Å². The van der Waals surface area contributed by atoms with Crippen LogP contribution >= 0.6 is 0 Å². The molecule has 0 bridgehead atoms. The van der Waals surface area contributed by atoms with Gasteiger partial charge in [-0.3, -0.25) is 9.59 Å². The minimum atomic E-state index is -0.400. The number of nitrogens with zero attached hydrogens (tertiary/aromatic N) is 4. The molecule has 1 aliphatic rings. The maximum atomic E-state index is 12.7. The first kappa shape index (κ1) is 18.7. The standard InChI is InChI=1S/C21H21N5O3/c1-29-19-4-2-3-18(10-19)26-12-16(9-20(26)27)21(28)24-17-7-5-15(6-8-17)11-25-14-22-13-23-25/h2-8,10,13-14,16H,9,11-12H2,1H3,(H,24,28)/t16-/m1/s1. The summed E-state index contributed by atoms with van der Waals surface area (Å²) in [5.74, 6) is 0.0482. The van der Waals surface area contributed by atoms with Gasteiger partial charge in [0.1, 0.15) is 18.4 Å². The molecule has 3 aromatic rings. The molecule has 1 saturated heterocycles. The van der Waals surface area contributed by atoms with E-state index >= 15 is 0 Å². The van der Waals surface area contributed by atoms with E-state index in [1.165, 1.54) is 6.33 Å². The van der Waals surface area contributed by atoms with Crippen LogP contribution in [0.4, 0.5) is 11.4 Å². The molecule has 0 radical (unpaired) electrons. The Morgan fingerprint density at radius 3 is 2.79 bits per heavy atom. The second-order valence-corrected chi connectivity index (χ2v) is 6.89. The van der Waals surface area contributed by atoms with E-state index in [0.717, 1.165) is 11.3 Å². The summed E-state index contributed by atoms with van der Waals surface area (Å²) in [6.45, 7) is 0.961. The van der Waals surface area contributed by atoms with Crippen LogP contribution in [0.3, 0.4) is 0 Å². The number of rotatable bonds is 6. The lowest BCUT2D eigenvalue weighted by atomic mass is 10.1. The summed E-state index contributed by atoms with van der Waals surface area (Å²) < 4.78 is 6.95. The molecule has 2 aromatic carbocycles. The van der Waals surface area contributed by atoms with Gasteiger partial charge in [-0.2, -0.15) is 5.10 Å². The highest BCUT2D eigenvalue weighted by Crippen LogP contribution is 2.28. The molecule has 29 heavy (non-hydrogen) atoms. The second kappa shape index (κ2) is 8.14. The monoisotopic (exact) mass is 391 g/mol. The SMILES string of the molecule is COc1cccc(N2C[C@H](C(=O)Nc3ccc(Cn4cncn4)cc3)CC2=O)c1. The van der Waals surface area contributed by atoms with Gasteiger partial charge in [-0.1, -0.05) is 18.2 Å². The quantitative estimate of drug-likeness (QED) is 0.697. The molecule has 0 spiro atoms. The van der Waals surface area contributed by atoms with Gasteiger partial charge >= 0.3 is 0 Å². The third-order valence-corrected chi connectivity index (χ3v) is 4.89. The molecule has 1 aliphatic heterocycles. The van der Waals surface area contributed by atoms with Crippen molar-refractivity contribution in [2.75, 3.05) is 23.9 Å². The molecule has 1 fully saturated rings. The van der Waals surface area contributed by atoms with Crippen LogP contribution in [0.25, 0.3) is 0 Å². The molecule has 0 unspecified atom stereocenters. The zero-order valence-electron chi connectivity index (χ0n) is 16.0. The van der Waals surface area contributed by atoms with Crippen molar-refractivity contribution >= 4 is 23.2 Å². The number of nitrogens with one attached hydrogen (secondary N) is 1. The van der Waals surface area contributed by atoms with E-state index in [0.29, 0.717) is 24.5 Å². The predicted molar refractivity (Wildman–Crippen MR) is 108 cm³/mol. The molecule has 1 atom stereocenters. The summed E-state index contributed by atoms with van der Waals surface area (Å²) in [5.41, 5.74) is 2.49. The first-order valence-electron chi connectivity index (χ1n) is 9.29. The molecular weight excluding hydrogens is 370 g/mol. The van der Waals surface area contributed by atoms with Gasteiger partial charge in [-0.25, -0.2) is 9.67 Å². The Kier molecular flexibility index (Phi) is 5.24. The Bertz CT molecular complexity index is 1000. The molecule has 2 amide bonds. The lowest BCUT2D eigenvalue weighted by molar-refractivity contribution is -0.122. The van der Waals surface area contributed by atoms with Crippen molar-refractivity contribution in [3.63, 3.8) is 0 Å². The number of amides is 2. The van der Waals surface area contributed by atoms with Crippen LogP contribution in [0.15, 0.2) is 61.2 Å². The molecule has 8 heteroatoms. The number of anilines is 2. The number of hydrogen-bond acceptors (Lipinski definition) is 5. The van der Waals surface area contributed by atoms with E-state index in [-0.39, 0.29) is 18.2 Å². The summed E-state index contributed by atoms with van der Waals surface area (Å²) in [6.07, 6.45) is 3.33. The van der Waals surface area contributed by atoms with Gasteiger partial charge in [0.05, 0.1) is 19.6 Å². The number of methoxy groups -OCH3 is 1.